The van der Waals surface area contributed by atoms with Crippen molar-refractivity contribution in [2.24, 2.45) is 0 Å². The molecule has 4 rings (SSSR count). The Kier molecular flexibility index (Phi) is 5.39. The lowest BCUT2D eigenvalue weighted by Crippen LogP contribution is -2.31. The van der Waals surface area contributed by atoms with Crippen LogP contribution in [-0.4, -0.2) is 30.1 Å². The monoisotopic (exact) mass is 384 g/mol. The molecule has 4 nitrogen and oxygen atoms in total. The summed E-state index contributed by atoms with van der Waals surface area (Å²) in [5, 5.41) is 3.66. The molecule has 28 heavy (non-hydrogen) atoms. The Morgan fingerprint density at radius 1 is 1.14 bits per heavy atom. The second-order valence-corrected chi connectivity index (χ2v) is 7.11. The van der Waals surface area contributed by atoms with Crippen molar-refractivity contribution in [2.45, 2.75) is 31.8 Å². The van der Waals surface area contributed by atoms with E-state index in [4.69, 9.17) is 4.74 Å². The van der Waals surface area contributed by atoms with Crippen LogP contribution < -0.4 is 5.32 Å². The lowest BCUT2D eigenvalue weighted by atomic mass is 10.0. The van der Waals surface area contributed by atoms with E-state index in [2.05, 4.69) is 10.3 Å². The van der Waals surface area contributed by atoms with Gasteiger partial charge in [-0.3, -0.25) is 4.79 Å². The normalized spacial score (nSPS) is 16.6. The topological polar surface area (TPSA) is 54.1 Å². The number of aryl methyl sites for hydroxylation is 1. The summed E-state index contributed by atoms with van der Waals surface area (Å²) in [6.07, 6.45) is 2.83. The Hall–Kier alpha value is -2.73. The van der Waals surface area contributed by atoms with E-state index in [-0.39, 0.29) is 30.1 Å². The summed E-state index contributed by atoms with van der Waals surface area (Å²) in [6, 6.07) is 10.7. The van der Waals surface area contributed by atoms with E-state index < -0.39 is 0 Å². The standard InChI is InChI=1S/C22H22F2N2O2/c23-15-5-3-14(4-6-15)22-18(19-12-16(24)7-9-20(19)26-22)8-10-21(27)25-13-17-2-1-11-28-17/h3-7,9,12,17,26H,1-2,8,10-11,13H2,(H,25,27). The summed E-state index contributed by atoms with van der Waals surface area (Å²) in [4.78, 5) is 15.6. The number of ether oxygens (including phenoxy) is 1. The van der Waals surface area contributed by atoms with Crippen LogP contribution >= 0.6 is 0 Å². The fraction of sp³-hybridized carbons (Fsp3) is 0.318. The maximum absolute atomic E-state index is 13.8. The van der Waals surface area contributed by atoms with Gasteiger partial charge in [0.05, 0.1) is 6.10 Å². The maximum atomic E-state index is 13.8. The van der Waals surface area contributed by atoms with Gasteiger partial charge in [0.15, 0.2) is 0 Å². The van der Waals surface area contributed by atoms with E-state index in [0.29, 0.717) is 13.0 Å². The summed E-state index contributed by atoms with van der Waals surface area (Å²) < 4.78 is 32.6. The van der Waals surface area contributed by atoms with Crippen LogP contribution in [-0.2, 0) is 16.0 Å². The molecule has 0 spiro atoms. The van der Waals surface area contributed by atoms with Crippen LogP contribution in [0, 0.1) is 11.6 Å². The van der Waals surface area contributed by atoms with E-state index in [9.17, 15) is 13.6 Å². The highest BCUT2D eigenvalue weighted by atomic mass is 19.1. The predicted octanol–water partition coefficient (Wildman–Crippen LogP) is 4.34. The molecule has 1 amide bonds. The second kappa shape index (κ2) is 8.10. The lowest BCUT2D eigenvalue weighted by molar-refractivity contribution is -0.121. The number of hydrogen-bond acceptors (Lipinski definition) is 2. The van der Waals surface area contributed by atoms with Gasteiger partial charge in [0, 0.05) is 36.2 Å². The number of amides is 1. The molecule has 1 aromatic heterocycles. The van der Waals surface area contributed by atoms with Crippen molar-refractivity contribution in [3.05, 3.63) is 59.7 Å². The molecule has 1 aliphatic rings. The SMILES string of the molecule is O=C(CCc1c(-c2ccc(F)cc2)[nH]c2ccc(F)cc12)NCC1CCCO1. The molecule has 0 saturated carbocycles. The van der Waals surface area contributed by atoms with Crippen molar-refractivity contribution in [3.63, 3.8) is 0 Å². The Morgan fingerprint density at radius 3 is 2.68 bits per heavy atom. The second-order valence-electron chi connectivity index (χ2n) is 7.11. The summed E-state index contributed by atoms with van der Waals surface area (Å²) in [5.74, 6) is -0.714. The van der Waals surface area contributed by atoms with Crippen LogP contribution in [0.4, 0.5) is 8.78 Å². The summed E-state index contributed by atoms with van der Waals surface area (Å²) >= 11 is 0. The molecule has 2 aromatic carbocycles. The zero-order chi connectivity index (χ0) is 19.5. The maximum Gasteiger partial charge on any atom is 0.220 e. The van der Waals surface area contributed by atoms with Gasteiger partial charge in [-0.25, -0.2) is 8.78 Å². The van der Waals surface area contributed by atoms with Gasteiger partial charge in [-0.1, -0.05) is 0 Å². The van der Waals surface area contributed by atoms with Crippen LogP contribution in [0.15, 0.2) is 42.5 Å². The molecule has 2 N–H and O–H groups in total. The fourth-order valence-corrected chi connectivity index (χ4v) is 3.70. The molecule has 146 valence electrons. The first-order chi connectivity index (χ1) is 13.6. The number of benzene rings is 2. The third-order valence-electron chi connectivity index (χ3n) is 5.15. The summed E-state index contributed by atoms with van der Waals surface area (Å²) in [6.45, 7) is 1.27. The molecular formula is C22H22F2N2O2. The number of fused-ring (bicyclic) bond motifs is 1. The summed E-state index contributed by atoms with van der Waals surface area (Å²) in [5.41, 5.74) is 3.23. The molecule has 1 atom stereocenters. The van der Waals surface area contributed by atoms with E-state index >= 15 is 0 Å². The Morgan fingerprint density at radius 2 is 1.93 bits per heavy atom. The average Bonchev–Trinajstić information content (AvgIpc) is 3.33. The number of rotatable bonds is 6. The molecular weight excluding hydrogens is 362 g/mol. The zero-order valence-corrected chi connectivity index (χ0v) is 15.4. The van der Waals surface area contributed by atoms with Crippen LogP contribution in [0.1, 0.15) is 24.8 Å². The Bertz CT molecular complexity index is 976. The number of halogens is 2. The van der Waals surface area contributed by atoms with Crippen molar-refractivity contribution >= 4 is 16.8 Å². The first-order valence-electron chi connectivity index (χ1n) is 9.54. The molecule has 0 aliphatic carbocycles. The minimum Gasteiger partial charge on any atom is -0.376 e. The third kappa shape index (κ3) is 4.07. The molecule has 1 unspecified atom stereocenters. The Labute approximate surface area is 161 Å². The molecule has 1 aliphatic heterocycles. The van der Waals surface area contributed by atoms with Gasteiger partial charge >= 0.3 is 0 Å². The van der Waals surface area contributed by atoms with Gasteiger partial charge in [0.1, 0.15) is 11.6 Å². The minimum absolute atomic E-state index is 0.0636. The molecule has 6 heteroatoms. The number of nitrogens with one attached hydrogen (secondary N) is 2. The van der Waals surface area contributed by atoms with E-state index in [1.807, 2.05) is 0 Å². The molecule has 2 heterocycles. The van der Waals surface area contributed by atoms with Crippen LogP contribution in [0.2, 0.25) is 0 Å². The minimum atomic E-state index is -0.332. The third-order valence-corrected chi connectivity index (χ3v) is 5.15. The summed E-state index contributed by atoms with van der Waals surface area (Å²) in [7, 11) is 0. The number of carbonyl (C=O) groups excluding carboxylic acids is 1. The molecule has 1 saturated heterocycles. The number of carbonyl (C=O) groups is 1. The van der Waals surface area contributed by atoms with E-state index in [0.717, 1.165) is 47.2 Å². The number of hydrogen-bond donors (Lipinski definition) is 2. The molecule has 1 fully saturated rings. The first-order valence-corrected chi connectivity index (χ1v) is 9.54. The quantitative estimate of drug-likeness (QED) is 0.664. The largest absolute Gasteiger partial charge is 0.376 e. The van der Waals surface area contributed by atoms with Crippen molar-refractivity contribution < 1.29 is 18.3 Å². The highest BCUT2D eigenvalue weighted by molar-refractivity contribution is 5.91. The predicted molar refractivity (Wildman–Crippen MR) is 104 cm³/mol. The first kappa shape index (κ1) is 18.6. The smallest absolute Gasteiger partial charge is 0.220 e. The average molecular weight is 384 g/mol. The van der Waals surface area contributed by atoms with Crippen LogP contribution in [0.3, 0.4) is 0 Å². The van der Waals surface area contributed by atoms with Gasteiger partial charge in [-0.15, -0.1) is 0 Å². The van der Waals surface area contributed by atoms with E-state index in [1.165, 1.54) is 24.3 Å². The van der Waals surface area contributed by atoms with E-state index in [1.54, 1.807) is 18.2 Å². The highest BCUT2D eigenvalue weighted by Crippen LogP contribution is 2.32. The van der Waals surface area contributed by atoms with Crippen LogP contribution in [0.5, 0.6) is 0 Å². The highest BCUT2D eigenvalue weighted by Gasteiger charge is 2.18. The van der Waals surface area contributed by atoms with Crippen molar-refractivity contribution in [1.29, 1.82) is 0 Å². The fourth-order valence-electron chi connectivity index (χ4n) is 3.70. The van der Waals surface area contributed by atoms with Crippen molar-refractivity contribution in [3.8, 4) is 11.3 Å². The van der Waals surface area contributed by atoms with Gasteiger partial charge in [-0.05, 0) is 72.9 Å². The molecule has 0 radical (unpaired) electrons. The Balaban J connectivity index is 1.55. The number of aromatic amines is 1. The van der Waals surface area contributed by atoms with Gasteiger partial charge in [-0.2, -0.15) is 0 Å². The van der Waals surface area contributed by atoms with Crippen molar-refractivity contribution in [2.75, 3.05) is 13.2 Å². The van der Waals surface area contributed by atoms with Crippen molar-refractivity contribution in [1.82, 2.24) is 10.3 Å². The lowest BCUT2D eigenvalue weighted by Gasteiger charge is -2.11. The van der Waals surface area contributed by atoms with Gasteiger partial charge in [0.2, 0.25) is 5.91 Å². The molecule has 3 aromatic rings. The molecule has 0 bridgehead atoms. The van der Waals surface area contributed by atoms with Gasteiger partial charge < -0.3 is 15.0 Å². The van der Waals surface area contributed by atoms with Gasteiger partial charge in [0.25, 0.3) is 0 Å². The number of H-pyrrole nitrogens is 1. The number of aromatic nitrogens is 1. The van der Waals surface area contributed by atoms with Crippen LogP contribution in [0.25, 0.3) is 22.2 Å². The zero-order valence-electron chi connectivity index (χ0n) is 15.4.